The van der Waals surface area contributed by atoms with E-state index in [4.69, 9.17) is 9.47 Å². The smallest absolute Gasteiger partial charge is 0.260 e. The highest BCUT2D eigenvalue weighted by Crippen LogP contribution is 2.24. The predicted molar refractivity (Wildman–Crippen MR) is 99.1 cm³/mol. The van der Waals surface area contributed by atoms with Crippen LogP contribution in [0.2, 0.25) is 0 Å². The van der Waals surface area contributed by atoms with Crippen LogP contribution < -0.4 is 4.74 Å². The summed E-state index contributed by atoms with van der Waals surface area (Å²) in [7, 11) is 0. The van der Waals surface area contributed by atoms with Gasteiger partial charge in [-0.1, -0.05) is 44.0 Å². The molecule has 4 nitrogen and oxygen atoms in total. The minimum atomic E-state index is -0.0940. The highest BCUT2D eigenvalue weighted by Gasteiger charge is 2.25. The number of carbonyl (C=O) groups is 1. The van der Waals surface area contributed by atoms with Crippen LogP contribution in [0.3, 0.4) is 0 Å². The van der Waals surface area contributed by atoms with Crippen LogP contribution in [-0.2, 0) is 9.53 Å². The molecular weight excluding hydrogens is 438 g/mol. The Kier molecular flexibility index (Phi) is 5.92. The second-order valence-corrected chi connectivity index (χ2v) is 7.32. The van der Waals surface area contributed by atoms with E-state index in [0.29, 0.717) is 25.4 Å². The molecule has 24 heavy (non-hydrogen) atoms. The van der Waals surface area contributed by atoms with Crippen LogP contribution in [0.4, 0.5) is 0 Å². The van der Waals surface area contributed by atoms with Gasteiger partial charge < -0.3 is 14.4 Å². The molecule has 1 aliphatic rings. The van der Waals surface area contributed by atoms with Crippen molar-refractivity contribution < 1.29 is 14.3 Å². The average molecular weight is 455 g/mol. The summed E-state index contributed by atoms with van der Waals surface area (Å²) in [5.41, 5.74) is 1.07. The topological polar surface area (TPSA) is 38.8 Å². The number of rotatable bonds is 4. The molecule has 0 aromatic heterocycles. The molecule has 126 valence electrons. The van der Waals surface area contributed by atoms with Crippen molar-refractivity contribution in [1.82, 2.24) is 4.90 Å². The Bertz CT molecular complexity index is 688. The van der Waals surface area contributed by atoms with Crippen molar-refractivity contribution in [3.8, 4) is 5.75 Å². The molecule has 0 radical (unpaired) electrons. The number of halogens is 2. The van der Waals surface area contributed by atoms with E-state index >= 15 is 0 Å². The van der Waals surface area contributed by atoms with Crippen LogP contribution in [0.15, 0.2) is 57.5 Å². The lowest BCUT2D eigenvalue weighted by molar-refractivity contribution is -0.141. The summed E-state index contributed by atoms with van der Waals surface area (Å²) in [5.74, 6) is 0.660. The maximum absolute atomic E-state index is 12.4. The molecule has 1 heterocycles. The first-order chi connectivity index (χ1) is 11.6. The van der Waals surface area contributed by atoms with E-state index in [1.165, 1.54) is 0 Å². The van der Waals surface area contributed by atoms with Gasteiger partial charge in [0.2, 0.25) is 0 Å². The van der Waals surface area contributed by atoms with Gasteiger partial charge in [-0.2, -0.15) is 0 Å². The molecule has 1 aliphatic heterocycles. The molecule has 0 aliphatic carbocycles. The standard InChI is InChI=1S/C18H17Br2NO3/c19-14-3-1-13(2-4-14)17-11-21(9-10-23-17)18(22)12-24-16-7-5-15(20)6-8-16/h1-8,17H,9-12H2/t17-/m0/s1. The van der Waals surface area contributed by atoms with E-state index in [9.17, 15) is 4.79 Å². The predicted octanol–water partition coefficient (Wildman–Crippen LogP) is 4.19. The Labute approximate surface area is 158 Å². The SMILES string of the molecule is O=C(COc1ccc(Br)cc1)N1CCO[C@H](c2ccc(Br)cc2)C1. The molecule has 2 aromatic carbocycles. The summed E-state index contributed by atoms with van der Waals surface area (Å²) < 4.78 is 13.4. The molecule has 0 unspecified atom stereocenters. The molecule has 1 amide bonds. The molecule has 0 saturated carbocycles. The third-order valence-corrected chi connectivity index (χ3v) is 4.89. The number of carbonyl (C=O) groups excluding carboxylic acids is 1. The highest BCUT2D eigenvalue weighted by atomic mass is 79.9. The number of amides is 1. The molecule has 1 saturated heterocycles. The van der Waals surface area contributed by atoms with E-state index < -0.39 is 0 Å². The molecule has 0 spiro atoms. The summed E-state index contributed by atoms with van der Waals surface area (Å²) in [6, 6.07) is 15.4. The van der Waals surface area contributed by atoms with Crippen LogP contribution in [0, 0.1) is 0 Å². The quantitative estimate of drug-likeness (QED) is 0.695. The summed E-state index contributed by atoms with van der Waals surface area (Å²) in [4.78, 5) is 14.2. The number of hydrogen-bond acceptors (Lipinski definition) is 3. The van der Waals surface area contributed by atoms with Crippen molar-refractivity contribution >= 4 is 37.8 Å². The van der Waals surface area contributed by atoms with Crippen LogP contribution >= 0.6 is 31.9 Å². The Balaban J connectivity index is 1.56. The van der Waals surface area contributed by atoms with Gasteiger partial charge in [-0.15, -0.1) is 0 Å². The van der Waals surface area contributed by atoms with Crippen molar-refractivity contribution in [1.29, 1.82) is 0 Å². The third kappa shape index (κ3) is 4.59. The third-order valence-electron chi connectivity index (χ3n) is 3.84. The van der Waals surface area contributed by atoms with E-state index in [0.717, 1.165) is 14.5 Å². The maximum atomic E-state index is 12.4. The highest BCUT2D eigenvalue weighted by molar-refractivity contribution is 9.10. The van der Waals surface area contributed by atoms with Gasteiger partial charge in [-0.25, -0.2) is 0 Å². The monoisotopic (exact) mass is 453 g/mol. The Morgan fingerprint density at radius 3 is 2.38 bits per heavy atom. The van der Waals surface area contributed by atoms with Crippen molar-refractivity contribution in [2.24, 2.45) is 0 Å². The largest absolute Gasteiger partial charge is 0.484 e. The lowest BCUT2D eigenvalue weighted by Gasteiger charge is -2.33. The summed E-state index contributed by atoms with van der Waals surface area (Å²) in [6.45, 7) is 1.71. The number of hydrogen-bond donors (Lipinski definition) is 0. The zero-order valence-corrected chi connectivity index (χ0v) is 16.1. The van der Waals surface area contributed by atoms with Gasteiger partial charge in [0.1, 0.15) is 11.9 Å². The molecule has 3 rings (SSSR count). The van der Waals surface area contributed by atoms with Gasteiger partial charge in [-0.3, -0.25) is 4.79 Å². The van der Waals surface area contributed by atoms with E-state index in [1.807, 2.05) is 48.5 Å². The van der Waals surface area contributed by atoms with Crippen LogP contribution in [-0.4, -0.2) is 37.1 Å². The molecule has 6 heteroatoms. The van der Waals surface area contributed by atoms with Gasteiger partial charge in [0.15, 0.2) is 6.61 Å². The van der Waals surface area contributed by atoms with Gasteiger partial charge in [0.05, 0.1) is 13.2 Å². The van der Waals surface area contributed by atoms with E-state index in [1.54, 1.807) is 4.90 Å². The van der Waals surface area contributed by atoms with Crippen molar-refractivity contribution in [3.63, 3.8) is 0 Å². The number of benzene rings is 2. The van der Waals surface area contributed by atoms with E-state index in [-0.39, 0.29) is 18.6 Å². The van der Waals surface area contributed by atoms with Crippen LogP contribution in [0.5, 0.6) is 5.75 Å². The summed E-state index contributed by atoms with van der Waals surface area (Å²) >= 11 is 6.80. The Morgan fingerprint density at radius 2 is 1.71 bits per heavy atom. The van der Waals surface area contributed by atoms with Gasteiger partial charge in [-0.05, 0) is 42.0 Å². The normalized spacial score (nSPS) is 17.6. The lowest BCUT2D eigenvalue weighted by atomic mass is 10.1. The van der Waals surface area contributed by atoms with Gasteiger partial charge >= 0.3 is 0 Å². The summed E-state index contributed by atoms with van der Waals surface area (Å²) in [5, 5.41) is 0. The minimum absolute atomic E-state index is 0.0247. The number of morpholine rings is 1. The van der Waals surface area contributed by atoms with Crippen LogP contribution in [0.25, 0.3) is 0 Å². The van der Waals surface area contributed by atoms with Crippen molar-refractivity contribution in [2.75, 3.05) is 26.3 Å². The first kappa shape index (κ1) is 17.5. The minimum Gasteiger partial charge on any atom is -0.484 e. The fraction of sp³-hybridized carbons (Fsp3) is 0.278. The maximum Gasteiger partial charge on any atom is 0.260 e. The van der Waals surface area contributed by atoms with Crippen molar-refractivity contribution in [2.45, 2.75) is 6.10 Å². The molecule has 0 N–H and O–H groups in total. The van der Waals surface area contributed by atoms with Crippen molar-refractivity contribution in [3.05, 3.63) is 63.0 Å². The molecule has 2 aromatic rings. The second-order valence-electron chi connectivity index (χ2n) is 5.49. The van der Waals surface area contributed by atoms with E-state index in [2.05, 4.69) is 31.9 Å². The Morgan fingerprint density at radius 1 is 1.08 bits per heavy atom. The zero-order chi connectivity index (χ0) is 16.9. The summed E-state index contributed by atoms with van der Waals surface area (Å²) in [6.07, 6.45) is -0.0940. The first-order valence-corrected chi connectivity index (χ1v) is 9.23. The second kappa shape index (κ2) is 8.14. The van der Waals surface area contributed by atoms with Crippen LogP contribution in [0.1, 0.15) is 11.7 Å². The average Bonchev–Trinajstić information content (AvgIpc) is 2.62. The zero-order valence-electron chi connectivity index (χ0n) is 13.0. The molecule has 0 bridgehead atoms. The molecular formula is C18H17Br2NO3. The Hall–Kier alpha value is -1.37. The van der Waals surface area contributed by atoms with Gasteiger partial charge in [0.25, 0.3) is 5.91 Å². The lowest BCUT2D eigenvalue weighted by Crippen LogP contribution is -2.44. The fourth-order valence-corrected chi connectivity index (χ4v) is 3.05. The molecule has 1 fully saturated rings. The number of ether oxygens (including phenoxy) is 2. The number of nitrogens with zero attached hydrogens (tertiary/aromatic N) is 1. The fourth-order valence-electron chi connectivity index (χ4n) is 2.52. The first-order valence-electron chi connectivity index (χ1n) is 7.65. The molecule has 1 atom stereocenters. The van der Waals surface area contributed by atoms with Gasteiger partial charge in [0, 0.05) is 15.5 Å².